The van der Waals surface area contributed by atoms with Crippen molar-refractivity contribution in [3.63, 3.8) is 0 Å². The lowest BCUT2D eigenvalue weighted by Gasteiger charge is -2.42. The second kappa shape index (κ2) is 10.0. The SMILES string of the molecule is CC(C)CC(C)(C)C(C(=O)OOC(=O)C(C(C)(C)C)C(C)(C)CC(C)C)C(C)(C)C. The molecule has 0 saturated heterocycles. The number of carbonyl (C=O) groups is 2. The van der Waals surface area contributed by atoms with Gasteiger partial charge in [0.25, 0.3) is 0 Å². The molecule has 0 radical (unpaired) electrons. The fraction of sp³-hybridized carbons (Fsp3) is 0.923. The van der Waals surface area contributed by atoms with Crippen LogP contribution >= 0.6 is 0 Å². The van der Waals surface area contributed by atoms with Crippen LogP contribution in [0.3, 0.4) is 0 Å². The van der Waals surface area contributed by atoms with E-state index < -0.39 is 23.8 Å². The highest BCUT2D eigenvalue weighted by Crippen LogP contribution is 2.46. The average Bonchev–Trinajstić information content (AvgIpc) is 2.37. The van der Waals surface area contributed by atoms with Gasteiger partial charge >= 0.3 is 11.9 Å². The molecule has 0 aromatic heterocycles. The van der Waals surface area contributed by atoms with Crippen molar-refractivity contribution in [1.82, 2.24) is 0 Å². The Balaban J connectivity index is 5.63. The fourth-order valence-corrected chi connectivity index (χ4v) is 6.21. The summed E-state index contributed by atoms with van der Waals surface area (Å²) in [6, 6.07) is 0. The molecule has 0 heterocycles. The molecule has 4 nitrogen and oxygen atoms in total. The Morgan fingerprint density at radius 3 is 0.967 bits per heavy atom. The Kier molecular flexibility index (Phi) is 9.69. The number of carbonyl (C=O) groups excluding carboxylic acids is 2. The van der Waals surface area contributed by atoms with E-state index in [4.69, 9.17) is 9.78 Å². The first-order valence-corrected chi connectivity index (χ1v) is 11.5. The van der Waals surface area contributed by atoms with Crippen LogP contribution in [0.4, 0.5) is 0 Å². The Labute approximate surface area is 186 Å². The number of rotatable bonds is 8. The molecule has 178 valence electrons. The van der Waals surface area contributed by atoms with Crippen LogP contribution in [0.15, 0.2) is 0 Å². The normalized spacial score (nSPS) is 15.9. The van der Waals surface area contributed by atoms with Gasteiger partial charge in [0.05, 0.1) is 11.8 Å². The first-order valence-electron chi connectivity index (χ1n) is 11.5. The van der Waals surface area contributed by atoms with E-state index in [0.29, 0.717) is 11.8 Å². The zero-order valence-corrected chi connectivity index (χ0v) is 22.4. The number of hydrogen-bond acceptors (Lipinski definition) is 4. The molecular weight excluding hydrogens is 376 g/mol. The monoisotopic (exact) mass is 426 g/mol. The molecule has 2 unspecified atom stereocenters. The standard InChI is InChI=1S/C26H50O4/c1-17(2)15-25(11,12)19(23(5,6)7)21(27)29-30-22(28)20(24(8,9)10)26(13,14)16-18(3)4/h17-20H,15-16H2,1-14H3. The second-order valence-corrected chi connectivity index (χ2v) is 13.6. The lowest BCUT2D eigenvalue weighted by Crippen LogP contribution is -2.44. The topological polar surface area (TPSA) is 52.6 Å². The van der Waals surface area contributed by atoms with Crippen molar-refractivity contribution in [2.24, 2.45) is 45.3 Å². The van der Waals surface area contributed by atoms with Crippen molar-refractivity contribution in [1.29, 1.82) is 0 Å². The lowest BCUT2D eigenvalue weighted by atomic mass is 9.63. The van der Waals surface area contributed by atoms with Crippen LogP contribution in [-0.4, -0.2) is 11.9 Å². The smallest absolute Gasteiger partial charge is 0.247 e. The summed E-state index contributed by atoms with van der Waals surface area (Å²) >= 11 is 0. The van der Waals surface area contributed by atoms with E-state index in [9.17, 15) is 9.59 Å². The predicted octanol–water partition coefficient (Wildman–Crippen LogP) is 7.46. The zero-order chi connectivity index (χ0) is 24.3. The molecule has 0 aromatic carbocycles. The number of hydrogen-bond donors (Lipinski definition) is 0. The summed E-state index contributed by atoms with van der Waals surface area (Å²) in [7, 11) is 0. The third-order valence-electron chi connectivity index (χ3n) is 5.84. The van der Waals surface area contributed by atoms with Crippen LogP contribution in [0.2, 0.25) is 0 Å². The quantitative estimate of drug-likeness (QED) is 0.298. The van der Waals surface area contributed by atoms with Crippen LogP contribution in [0.25, 0.3) is 0 Å². The van der Waals surface area contributed by atoms with Gasteiger partial charge in [-0.05, 0) is 46.3 Å². The van der Waals surface area contributed by atoms with Crippen LogP contribution in [0.5, 0.6) is 0 Å². The second-order valence-electron chi connectivity index (χ2n) is 13.6. The van der Waals surface area contributed by atoms with Crippen molar-refractivity contribution in [2.75, 3.05) is 0 Å². The van der Waals surface area contributed by atoms with Crippen molar-refractivity contribution < 1.29 is 19.4 Å². The van der Waals surface area contributed by atoms with Gasteiger partial charge in [-0.25, -0.2) is 19.4 Å². The van der Waals surface area contributed by atoms with Crippen molar-refractivity contribution >= 4 is 11.9 Å². The molecule has 0 spiro atoms. The molecule has 0 N–H and O–H groups in total. The Bertz CT molecular complexity index is 519. The first kappa shape index (κ1) is 28.9. The minimum Gasteiger partial charge on any atom is -0.247 e. The van der Waals surface area contributed by atoms with Crippen molar-refractivity contribution in [3.05, 3.63) is 0 Å². The largest absolute Gasteiger partial charge is 0.359 e. The molecule has 0 rings (SSSR count). The molecule has 0 bridgehead atoms. The molecule has 0 fully saturated rings. The van der Waals surface area contributed by atoms with E-state index in [0.717, 1.165) is 12.8 Å². The highest BCUT2D eigenvalue weighted by atomic mass is 17.2. The van der Waals surface area contributed by atoms with Gasteiger partial charge in [0.1, 0.15) is 0 Å². The summed E-state index contributed by atoms with van der Waals surface area (Å²) in [6.45, 7) is 29.2. The molecule has 30 heavy (non-hydrogen) atoms. The summed E-state index contributed by atoms with van der Waals surface area (Å²) in [5.41, 5.74) is -1.20. The van der Waals surface area contributed by atoms with Gasteiger partial charge in [0, 0.05) is 0 Å². The predicted molar refractivity (Wildman–Crippen MR) is 125 cm³/mol. The highest BCUT2D eigenvalue weighted by molar-refractivity contribution is 5.77. The van der Waals surface area contributed by atoms with Crippen molar-refractivity contribution in [2.45, 2.75) is 110 Å². The van der Waals surface area contributed by atoms with Crippen LogP contribution in [-0.2, 0) is 19.4 Å². The molecule has 0 aliphatic rings. The van der Waals surface area contributed by atoms with E-state index in [1.807, 2.05) is 41.5 Å². The summed E-state index contributed by atoms with van der Waals surface area (Å²) in [6.07, 6.45) is 1.76. The summed E-state index contributed by atoms with van der Waals surface area (Å²) in [5.74, 6) is -0.815. The Morgan fingerprint density at radius 1 is 0.567 bits per heavy atom. The van der Waals surface area contributed by atoms with Crippen LogP contribution in [0, 0.1) is 45.3 Å². The van der Waals surface area contributed by atoms with Crippen molar-refractivity contribution in [3.8, 4) is 0 Å². The Morgan fingerprint density at radius 2 is 0.800 bits per heavy atom. The first-order chi connectivity index (χ1) is 13.1. The maximum Gasteiger partial charge on any atom is 0.359 e. The molecule has 4 heteroatoms. The van der Waals surface area contributed by atoms with E-state index in [2.05, 4.69) is 55.4 Å². The maximum absolute atomic E-state index is 13.1. The van der Waals surface area contributed by atoms with E-state index >= 15 is 0 Å². The van der Waals surface area contributed by atoms with Gasteiger partial charge in [-0.2, -0.15) is 0 Å². The third kappa shape index (κ3) is 8.59. The summed E-state index contributed by atoms with van der Waals surface area (Å²) < 4.78 is 0. The molecule has 0 aliphatic carbocycles. The minimum absolute atomic E-state index is 0.281. The van der Waals surface area contributed by atoms with Gasteiger partial charge in [-0.15, -0.1) is 0 Å². The Hall–Kier alpha value is -1.06. The molecule has 0 aromatic rings. The zero-order valence-electron chi connectivity index (χ0n) is 22.4. The minimum atomic E-state index is -0.462. The fourth-order valence-electron chi connectivity index (χ4n) is 6.21. The maximum atomic E-state index is 13.1. The van der Waals surface area contributed by atoms with Crippen LogP contribution in [0.1, 0.15) is 110 Å². The van der Waals surface area contributed by atoms with Gasteiger partial charge < -0.3 is 0 Å². The summed E-state index contributed by atoms with van der Waals surface area (Å²) in [5, 5.41) is 0. The highest BCUT2D eigenvalue weighted by Gasteiger charge is 2.48. The molecular formula is C26H50O4. The van der Waals surface area contributed by atoms with Gasteiger partial charge in [0.2, 0.25) is 0 Å². The lowest BCUT2D eigenvalue weighted by molar-refractivity contribution is -0.275. The molecule has 0 aliphatic heterocycles. The summed E-state index contributed by atoms with van der Waals surface area (Å²) in [4.78, 5) is 36.7. The van der Waals surface area contributed by atoms with Gasteiger partial charge in [0.15, 0.2) is 0 Å². The third-order valence-corrected chi connectivity index (χ3v) is 5.84. The molecule has 0 amide bonds. The molecule has 2 atom stereocenters. The van der Waals surface area contributed by atoms with Crippen LogP contribution < -0.4 is 0 Å². The van der Waals surface area contributed by atoms with E-state index in [1.165, 1.54) is 0 Å². The van der Waals surface area contributed by atoms with Gasteiger partial charge in [-0.1, -0.05) is 96.9 Å². The van der Waals surface area contributed by atoms with E-state index in [-0.39, 0.29) is 21.7 Å². The average molecular weight is 427 g/mol. The van der Waals surface area contributed by atoms with Gasteiger partial charge in [-0.3, -0.25) is 0 Å². The van der Waals surface area contributed by atoms with E-state index in [1.54, 1.807) is 0 Å². The molecule has 0 saturated carbocycles.